The first kappa shape index (κ1) is 36.1. The molecule has 51 heavy (non-hydrogen) atoms. The van der Waals surface area contributed by atoms with E-state index in [0.717, 1.165) is 62.9 Å². The molecule has 2 aliphatic heterocycles. The number of rotatable bonds is 13. The van der Waals surface area contributed by atoms with Gasteiger partial charge in [0.05, 0.1) is 30.9 Å². The number of alkyl halides is 3. The fourth-order valence-electron chi connectivity index (χ4n) is 8.41. The molecule has 5 nitrogen and oxygen atoms in total. The fourth-order valence-corrected chi connectivity index (χ4v) is 14.2. The highest BCUT2D eigenvalue weighted by Crippen LogP contribution is 2.44. The minimum absolute atomic E-state index is 0.137. The summed E-state index contributed by atoms with van der Waals surface area (Å²) in [5, 5.41) is 3.74. The van der Waals surface area contributed by atoms with Gasteiger partial charge in [0.2, 0.25) is 0 Å². The summed E-state index contributed by atoms with van der Waals surface area (Å²) in [6.45, 7) is 9.71. The molecule has 0 unspecified atom stereocenters. The van der Waals surface area contributed by atoms with E-state index >= 15 is 8.78 Å². The lowest BCUT2D eigenvalue weighted by atomic mass is 9.91. The van der Waals surface area contributed by atoms with Crippen molar-refractivity contribution in [3.63, 3.8) is 0 Å². The minimum atomic E-state index is -3.16. The van der Waals surface area contributed by atoms with Crippen LogP contribution in [0.2, 0.25) is 5.04 Å². The van der Waals surface area contributed by atoms with E-state index in [2.05, 4.69) is 49.7 Å². The van der Waals surface area contributed by atoms with Crippen molar-refractivity contribution < 1.29 is 17.6 Å². The summed E-state index contributed by atoms with van der Waals surface area (Å²) in [5.41, 5.74) is 3.20. The summed E-state index contributed by atoms with van der Waals surface area (Å²) in [4.78, 5) is 13.7. The van der Waals surface area contributed by atoms with Crippen LogP contribution in [-0.2, 0) is 17.3 Å². The molecule has 0 saturated carbocycles. The van der Waals surface area contributed by atoms with Gasteiger partial charge in [0, 0.05) is 59.8 Å². The predicted molar refractivity (Wildman–Crippen MR) is 205 cm³/mol. The molecule has 3 aromatic carbocycles. The zero-order valence-electron chi connectivity index (χ0n) is 30.0. The number of likely N-dealkylation sites (tertiary alicyclic amines) is 1. The molecule has 2 aliphatic rings. The highest BCUT2D eigenvalue weighted by molar-refractivity contribution is 7.11. The number of para-hydroxylation sites is 1. The highest BCUT2D eigenvalue weighted by atomic mass is 32.1. The first-order valence-corrected chi connectivity index (χ1v) is 20.9. The minimum Gasteiger partial charge on any atom is -0.401 e. The van der Waals surface area contributed by atoms with Gasteiger partial charge < -0.3 is 14.3 Å². The number of nitrogens with one attached hydrogen (secondary N) is 1. The van der Waals surface area contributed by atoms with Crippen molar-refractivity contribution >= 4 is 40.9 Å². The summed E-state index contributed by atoms with van der Waals surface area (Å²) < 4.78 is 53.0. The monoisotopic (exact) mass is 730 g/mol. The normalized spacial score (nSPS) is 19.4. The zero-order chi connectivity index (χ0) is 35.8. The van der Waals surface area contributed by atoms with Gasteiger partial charge in [0.25, 0.3) is 14.2 Å². The molecule has 0 spiro atoms. The third-order valence-corrected chi connectivity index (χ3v) is 16.8. The van der Waals surface area contributed by atoms with E-state index in [-0.39, 0.29) is 18.8 Å². The molecule has 0 amide bonds. The van der Waals surface area contributed by atoms with E-state index in [4.69, 9.17) is 9.41 Å². The number of halogens is 3. The Morgan fingerprint density at radius 1 is 0.941 bits per heavy atom. The van der Waals surface area contributed by atoms with Crippen LogP contribution in [-0.4, -0.2) is 79.5 Å². The van der Waals surface area contributed by atoms with Crippen LogP contribution in [0.5, 0.6) is 0 Å². The van der Waals surface area contributed by atoms with E-state index in [0.29, 0.717) is 18.8 Å². The van der Waals surface area contributed by atoms with E-state index in [1.807, 2.05) is 83.9 Å². The second-order valence-electron chi connectivity index (χ2n) is 15.5. The summed E-state index contributed by atoms with van der Waals surface area (Å²) >= 11 is 1.64. The van der Waals surface area contributed by atoms with Crippen molar-refractivity contribution in [2.45, 2.75) is 70.0 Å². The molecule has 1 N–H and O–H groups in total. The van der Waals surface area contributed by atoms with E-state index < -0.39 is 32.4 Å². The van der Waals surface area contributed by atoms with Crippen molar-refractivity contribution in [1.29, 1.82) is 0 Å². The van der Waals surface area contributed by atoms with Crippen LogP contribution in [0.3, 0.4) is 0 Å². The molecular weight excluding hydrogens is 682 g/mol. The number of fused-ring (bicyclic) bond motifs is 3. The van der Waals surface area contributed by atoms with Crippen molar-refractivity contribution in [2.24, 2.45) is 5.92 Å². The second kappa shape index (κ2) is 14.6. The maximum atomic E-state index is 16.8. The summed E-state index contributed by atoms with van der Waals surface area (Å²) in [7, 11) is -3.16. The summed E-state index contributed by atoms with van der Waals surface area (Å²) in [6, 6.07) is 27.7. The lowest BCUT2D eigenvalue weighted by Crippen LogP contribution is -2.67. The largest absolute Gasteiger partial charge is 0.401 e. The molecule has 0 bridgehead atoms. The quantitative estimate of drug-likeness (QED) is 0.125. The van der Waals surface area contributed by atoms with Crippen LogP contribution in [0, 0.1) is 5.92 Å². The Morgan fingerprint density at radius 2 is 1.59 bits per heavy atom. The molecule has 2 atom stereocenters. The third kappa shape index (κ3) is 7.22. The fraction of sp³-hybridized carbons (Fsp3) is 0.439. The Balaban J connectivity index is 1.19. The second-order valence-corrected chi connectivity index (χ2v) is 21.0. The number of benzene rings is 3. The predicted octanol–water partition coefficient (Wildman–Crippen LogP) is 8.01. The third-order valence-electron chi connectivity index (χ3n) is 10.8. The maximum absolute atomic E-state index is 16.8. The molecule has 270 valence electrons. The standard InChI is InChI=1S/C41H49F3N4OSSi/c1-29-22-34-33-18-11-12-19-35(33)46-38(34)39(36-24-45-37(50-36)23-30-25-47(26-30)21-13-20-42)48(29)27-41(43,44)28-49-51(40(2,3)4,31-14-7-5-8-15-31)32-16-9-6-10-17-32/h5-12,14-19,24,29-30,39,46H,13,20-23,25-28H2,1-4H3/t29-,39-/m1/s1. The van der Waals surface area contributed by atoms with Crippen LogP contribution < -0.4 is 10.4 Å². The number of nitrogens with zero attached hydrogens (tertiary/aromatic N) is 3. The van der Waals surface area contributed by atoms with E-state index in [1.165, 1.54) is 5.56 Å². The van der Waals surface area contributed by atoms with Crippen LogP contribution in [0.25, 0.3) is 10.9 Å². The lowest BCUT2D eigenvalue weighted by molar-refractivity contribution is -0.0818. The van der Waals surface area contributed by atoms with Gasteiger partial charge in [-0.3, -0.25) is 9.29 Å². The number of hydrogen-bond donors (Lipinski definition) is 1. The van der Waals surface area contributed by atoms with Gasteiger partial charge in [-0.2, -0.15) is 0 Å². The molecule has 4 heterocycles. The van der Waals surface area contributed by atoms with Crippen molar-refractivity contribution in [1.82, 2.24) is 19.8 Å². The Bertz CT molecular complexity index is 1860. The van der Waals surface area contributed by atoms with Gasteiger partial charge in [0.15, 0.2) is 0 Å². The van der Waals surface area contributed by atoms with Crippen molar-refractivity contribution in [3.05, 3.63) is 112 Å². The number of hydrogen-bond acceptors (Lipinski definition) is 5. The number of aromatic nitrogens is 2. The SMILES string of the molecule is C[C@@H]1Cc2c([nH]c3ccccc23)[C@@H](c2cnc(CC3CN(CCCF)C3)s2)N1CC(F)(F)CO[Si](c1ccccc1)(c1ccccc1)C(C)(C)C. The Hall–Kier alpha value is -3.28. The van der Waals surface area contributed by atoms with Gasteiger partial charge in [-0.05, 0) is 52.7 Å². The smallest absolute Gasteiger partial charge is 0.282 e. The van der Waals surface area contributed by atoms with Gasteiger partial charge in [-0.1, -0.05) is 99.6 Å². The topological polar surface area (TPSA) is 44.4 Å². The van der Waals surface area contributed by atoms with Crippen molar-refractivity contribution in [2.75, 3.05) is 39.5 Å². The maximum Gasteiger partial charge on any atom is 0.282 e. The zero-order valence-corrected chi connectivity index (χ0v) is 31.9. The molecule has 5 aromatic rings. The van der Waals surface area contributed by atoms with E-state index in [1.54, 1.807) is 11.3 Å². The Morgan fingerprint density at radius 3 is 2.24 bits per heavy atom. The van der Waals surface area contributed by atoms with Gasteiger partial charge in [-0.15, -0.1) is 11.3 Å². The average Bonchev–Trinajstić information content (AvgIpc) is 3.71. The van der Waals surface area contributed by atoms with Crippen LogP contribution in [0.15, 0.2) is 91.1 Å². The van der Waals surface area contributed by atoms with Crippen molar-refractivity contribution in [3.8, 4) is 0 Å². The van der Waals surface area contributed by atoms with Crippen LogP contribution in [0.4, 0.5) is 13.2 Å². The summed E-state index contributed by atoms with van der Waals surface area (Å²) in [6.07, 6.45) is 4.00. The summed E-state index contributed by atoms with van der Waals surface area (Å²) in [5.74, 6) is -2.65. The van der Waals surface area contributed by atoms with Crippen LogP contribution in [0.1, 0.15) is 61.3 Å². The van der Waals surface area contributed by atoms with Gasteiger partial charge >= 0.3 is 0 Å². The highest BCUT2D eigenvalue weighted by Gasteiger charge is 2.52. The lowest BCUT2D eigenvalue weighted by Gasteiger charge is -2.45. The Labute approximate surface area is 305 Å². The van der Waals surface area contributed by atoms with E-state index in [9.17, 15) is 4.39 Å². The Kier molecular flexibility index (Phi) is 10.3. The molecule has 10 heteroatoms. The molecule has 0 radical (unpaired) electrons. The molecule has 2 aromatic heterocycles. The number of aromatic amines is 1. The molecule has 7 rings (SSSR count). The molecule has 0 aliphatic carbocycles. The van der Waals surface area contributed by atoms with Gasteiger partial charge in [-0.25, -0.2) is 13.8 Å². The first-order valence-electron chi connectivity index (χ1n) is 18.2. The first-order chi connectivity index (χ1) is 24.5. The average molecular weight is 731 g/mol. The molecule has 1 saturated heterocycles. The number of thiazole rings is 1. The van der Waals surface area contributed by atoms with Crippen LogP contribution >= 0.6 is 11.3 Å². The molecular formula is C41H49F3N4OSSi. The van der Waals surface area contributed by atoms with Gasteiger partial charge in [0.1, 0.15) is 0 Å². The number of H-pyrrole nitrogens is 1. The molecule has 1 fully saturated rings.